The second kappa shape index (κ2) is 8.36. The predicted octanol–water partition coefficient (Wildman–Crippen LogP) is 4.33. The first-order valence-electron chi connectivity index (χ1n) is 12.9. The summed E-state index contributed by atoms with van der Waals surface area (Å²) < 4.78 is 12.6. The highest BCUT2D eigenvalue weighted by Crippen LogP contribution is 2.47. The Morgan fingerprint density at radius 3 is 2.69 bits per heavy atom. The lowest BCUT2D eigenvalue weighted by Crippen LogP contribution is -2.47. The Bertz CT molecular complexity index is 1810. The summed E-state index contributed by atoms with van der Waals surface area (Å²) >= 11 is 0. The summed E-state index contributed by atoms with van der Waals surface area (Å²) in [6, 6.07) is 17.7. The van der Waals surface area contributed by atoms with Crippen molar-refractivity contribution < 1.29 is 19.1 Å². The molecule has 2 aromatic heterocycles. The smallest absolute Gasteiger partial charge is 0.355 e. The van der Waals surface area contributed by atoms with Gasteiger partial charge in [-0.05, 0) is 30.2 Å². The lowest BCUT2D eigenvalue weighted by Gasteiger charge is -2.35. The lowest BCUT2D eigenvalue weighted by molar-refractivity contribution is -0.188. The number of hydrogen-bond acceptors (Lipinski definition) is 8. The van der Waals surface area contributed by atoms with Crippen molar-refractivity contribution >= 4 is 40.6 Å². The van der Waals surface area contributed by atoms with Crippen molar-refractivity contribution in [2.45, 2.75) is 45.6 Å². The van der Waals surface area contributed by atoms with Crippen LogP contribution in [0.25, 0.3) is 22.3 Å². The lowest BCUT2D eigenvalue weighted by atomic mass is 9.85. The van der Waals surface area contributed by atoms with Crippen LogP contribution in [-0.2, 0) is 44.4 Å². The maximum absolute atomic E-state index is 13.9. The van der Waals surface area contributed by atoms with E-state index in [1.54, 1.807) is 17.6 Å². The summed E-state index contributed by atoms with van der Waals surface area (Å²) in [4.78, 5) is 50.7. The Morgan fingerprint density at radius 1 is 1.10 bits per heavy atom. The fourth-order valence-corrected chi connectivity index (χ4v) is 6.00. The van der Waals surface area contributed by atoms with Gasteiger partial charge < -0.3 is 18.9 Å². The first kappa shape index (κ1) is 23.3. The first-order valence-corrected chi connectivity index (χ1v) is 12.9. The van der Waals surface area contributed by atoms with Gasteiger partial charge in [0.2, 0.25) is 5.60 Å². The zero-order valence-corrected chi connectivity index (χ0v) is 21.4. The van der Waals surface area contributed by atoms with Crippen LogP contribution in [0, 0.1) is 0 Å². The summed E-state index contributed by atoms with van der Waals surface area (Å²) in [6.45, 7) is 3.71. The molecule has 0 spiro atoms. The number of cyclic esters (lactones) is 1. The largest absolute Gasteiger partial charge is 0.457 e. The fourth-order valence-electron chi connectivity index (χ4n) is 6.00. The molecule has 0 N–H and O–H groups in total. The molecule has 9 nitrogen and oxygen atoms in total. The fraction of sp³-hybridized carbons (Fsp3) is 0.233. The predicted molar refractivity (Wildman–Crippen MR) is 145 cm³/mol. The van der Waals surface area contributed by atoms with E-state index in [0.29, 0.717) is 35.6 Å². The molecular weight excluding hydrogens is 496 g/mol. The Hall–Kier alpha value is -4.79. The standard InChI is InChI=1S/C30H24N4O5/c1-3-30(39-17(2)35)21-12-24-26-19(14-34(24)28(36)20(21)15-38-29(30)37)27-25-22(10-7-11-23(25)32-26)31-16-33(27)13-18-8-5-4-6-9-18/h4-12,16H,3,13-15H2,1-2H3/t30-/m0/s1. The summed E-state index contributed by atoms with van der Waals surface area (Å²) in [6.07, 6.45) is 1.96. The van der Waals surface area contributed by atoms with Crippen LogP contribution in [0.4, 0.5) is 11.4 Å². The van der Waals surface area contributed by atoms with Crippen LogP contribution in [0.2, 0.25) is 0 Å². The average Bonchev–Trinajstić information content (AvgIpc) is 3.31. The van der Waals surface area contributed by atoms with E-state index in [2.05, 4.69) is 17.0 Å². The van der Waals surface area contributed by atoms with Gasteiger partial charge in [-0.2, -0.15) is 0 Å². The molecule has 3 aliphatic rings. The third kappa shape index (κ3) is 3.29. The number of carbonyl (C=O) groups excluding carboxylic acids is 2. The minimum atomic E-state index is -1.68. The number of rotatable bonds is 4. The highest BCUT2D eigenvalue weighted by molar-refractivity contribution is 6.11. The van der Waals surface area contributed by atoms with Crippen LogP contribution in [0.1, 0.15) is 42.5 Å². The molecule has 0 bridgehead atoms. The highest BCUT2D eigenvalue weighted by Gasteiger charge is 2.50. The molecular formula is C30H24N4O5. The number of aromatic nitrogens is 2. The second-order valence-corrected chi connectivity index (χ2v) is 9.98. The molecule has 0 fully saturated rings. The Morgan fingerprint density at radius 2 is 1.92 bits per heavy atom. The molecule has 0 radical (unpaired) electrons. The number of esters is 2. The zero-order valence-electron chi connectivity index (χ0n) is 21.4. The van der Waals surface area contributed by atoms with E-state index in [0.717, 1.165) is 33.4 Å². The van der Waals surface area contributed by atoms with E-state index < -0.39 is 17.5 Å². The first-order chi connectivity index (χ1) is 18.9. The van der Waals surface area contributed by atoms with E-state index in [1.807, 2.05) is 42.7 Å². The summed E-state index contributed by atoms with van der Waals surface area (Å²) in [5.74, 6) is -1.30. The average molecular weight is 521 g/mol. The Balaban J connectivity index is 1.47. The van der Waals surface area contributed by atoms with Gasteiger partial charge in [0, 0.05) is 24.6 Å². The monoisotopic (exact) mass is 520 g/mol. The number of nitrogens with zero attached hydrogens (tertiary/aromatic N) is 4. The third-order valence-corrected chi connectivity index (χ3v) is 7.77. The van der Waals surface area contributed by atoms with Gasteiger partial charge in [-0.3, -0.25) is 9.59 Å². The molecule has 0 unspecified atom stereocenters. The maximum atomic E-state index is 13.9. The Kier molecular flexibility index (Phi) is 5.00. The molecule has 9 heteroatoms. The van der Waals surface area contributed by atoms with Gasteiger partial charge in [0.1, 0.15) is 6.61 Å². The maximum Gasteiger partial charge on any atom is 0.355 e. The van der Waals surface area contributed by atoms with Crippen molar-refractivity contribution in [1.29, 1.82) is 0 Å². The summed E-state index contributed by atoms with van der Waals surface area (Å²) in [7, 11) is 0. The number of pyridine rings is 2. The molecule has 5 heterocycles. The Labute approximate surface area is 223 Å². The molecule has 1 atom stereocenters. The molecule has 0 aliphatic carbocycles. The van der Waals surface area contributed by atoms with Crippen molar-refractivity contribution in [2.24, 2.45) is 4.99 Å². The summed E-state index contributed by atoms with van der Waals surface area (Å²) in [5.41, 5.74) is 4.53. The second-order valence-electron chi connectivity index (χ2n) is 9.98. The van der Waals surface area contributed by atoms with Gasteiger partial charge in [-0.1, -0.05) is 43.3 Å². The van der Waals surface area contributed by atoms with Crippen LogP contribution in [0.3, 0.4) is 0 Å². The highest BCUT2D eigenvalue weighted by atomic mass is 16.6. The number of benzene rings is 2. The molecule has 4 aromatic rings. The van der Waals surface area contributed by atoms with Gasteiger partial charge in [0.25, 0.3) is 5.56 Å². The molecule has 0 amide bonds. The van der Waals surface area contributed by atoms with Gasteiger partial charge in [0.15, 0.2) is 0 Å². The van der Waals surface area contributed by atoms with Crippen molar-refractivity contribution in [2.75, 3.05) is 4.90 Å². The van der Waals surface area contributed by atoms with Gasteiger partial charge >= 0.3 is 11.9 Å². The molecule has 0 saturated carbocycles. The van der Waals surface area contributed by atoms with Gasteiger partial charge in [-0.15, -0.1) is 0 Å². The number of fused-ring (bicyclic) bond motifs is 5. The van der Waals surface area contributed by atoms with Gasteiger partial charge in [-0.25, -0.2) is 14.8 Å². The number of anilines is 1. The van der Waals surface area contributed by atoms with E-state index in [9.17, 15) is 14.4 Å². The van der Waals surface area contributed by atoms with Crippen LogP contribution in [0.5, 0.6) is 0 Å². The number of carbonyl (C=O) groups is 2. The number of ether oxygens (including phenoxy) is 2. The molecule has 2 aromatic carbocycles. The van der Waals surface area contributed by atoms with E-state index in [-0.39, 0.29) is 18.6 Å². The normalized spacial score (nSPS) is 18.4. The molecule has 194 valence electrons. The van der Waals surface area contributed by atoms with E-state index in [4.69, 9.17) is 19.5 Å². The number of aliphatic imine (C=N–C) groups is 1. The van der Waals surface area contributed by atoms with E-state index in [1.165, 1.54) is 6.92 Å². The minimum Gasteiger partial charge on any atom is -0.457 e. The van der Waals surface area contributed by atoms with Crippen molar-refractivity contribution in [3.05, 3.63) is 87.2 Å². The SMILES string of the molecule is CC[C@@]1(OC(C)=O)C(=O)OCc2c1cc1n(c2=O)Cc2c-1nc1cccc3c1c2N(Cc1ccccc1)C=N3. The third-order valence-electron chi connectivity index (χ3n) is 7.77. The van der Waals surface area contributed by atoms with Crippen LogP contribution >= 0.6 is 0 Å². The molecule has 7 rings (SSSR count). The minimum absolute atomic E-state index is 0.134. The van der Waals surface area contributed by atoms with Crippen molar-refractivity contribution in [3.8, 4) is 11.4 Å². The summed E-state index contributed by atoms with van der Waals surface area (Å²) in [5, 5.41) is 0.932. The van der Waals surface area contributed by atoms with Crippen molar-refractivity contribution in [1.82, 2.24) is 9.55 Å². The molecule has 39 heavy (non-hydrogen) atoms. The zero-order chi connectivity index (χ0) is 26.9. The van der Waals surface area contributed by atoms with Crippen LogP contribution < -0.4 is 10.5 Å². The van der Waals surface area contributed by atoms with Crippen LogP contribution in [0.15, 0.2) is 64.4 Å². The van der Waals surface area contributed by atoms with Gasteiger partial charge in [0.05, 0.1) is 52.1 Å². The molecule has 0 saturated heterocycles. The topological polar surface area (TPSA) is 103 Å². The molecule has 3 aliphatic heterocycles. The number of hydrogen-bond donors (Lipinski definition) is 0. The van der Waals surface area contributed by atoms with Crippen LogP contribution in [-0.4, -0.2) is 27.8 Å². The van der Waals surface area contributed by atoms with Crippen molar-refractivity contribution in [3.63, 3.8) is 0 Å². The quantitative estimate of drug-likeness (QED) is 0.325. The van der Waals surface area contributed by atoms with E-state index >= 15 is 0 Å².